The van der Waals surface area contributed by atoms with Gasteiger partial charge in [-0.25, -0.2) is 8.78 Å². The SMILES string of the molecule is CC.CC1CCCC(F)(F)C1.Cc1cccc(OC(F)(F)F)c1. The molecule has 0 amide bonds. The summed E-state index contributed by atoms with van der Waals surface area (Å²) in [6.07, 6.45) is -2.71. The van der Waals surface area contributed by atoms with Crippen LogP contribution in [0.15, 0.2) is 24.3 Å². The van der Waals surface area contributed by atoms with Gasteiger partial charge in [0.1, 0.15) is 5.75 Å². The van der Waals surface area contributed by atoms with Gasteiger partial charge in [-0.05, 0) is 37.0 Å². The molecule has 0 N–H and O–H groups in total. The van der Waals surface area contributed by atoms with Crippen LogP contribution in [0.4, 0.5) is 22.0 Å². The van der Waals surface area contributed by atoms with Gasteiger partial charge in [0.2, 0.25) is 5.92 Å². The first-order chi connectivity index (χ1) is 10.6. The minimum absolute atomic E-state index is 0.104. The van der Waals surface area contributed by atoms with Crippen LogP contribution >= 0.6 is 0 Å². The number of benzene rings is 1. The predicted molar refractivity (Wildman–Crippen MR) is 81.8 cm³/mol. The molecule has 23 heavy (non-hydrogen) atoms. The van der Waals surface area contributed by atoms with E-state index in [2.05, 4.69) is 4.74 Å². The van der Waals surface area contributed by atoms with Gasteiger partial charge in [0.25, 0.3) is 0 Å². The molecule has 0 spiro atoms. The van der Waals surface area contributed by atoms with Crippen LogP contribution < -0.4 is 4.74 Å². The zero-order chi connectivity index (χ0) is 18.1. The Labute approximate surface area is 134 Å². The second-order valence-corrected chi connectivity index (χ2v) is 5.42. The summed E-state index contributed by atoms with van der Waals surface area (Å²) in [6.45, 7) is 7.59. The molecule has 1 atom stereocenters. The van der Waals surface area contributed by atoms with Crippen molar-refractivity contribution in [3.63, 3.8) is 0 Å². The topological polar surface area (TPSA) is 9.23 Å². The smallest absolute Gasteiger partial charge is 0.406 e. The molecule has 0 heterocycles. The lowest BCUT2D eigenvalue weighted by Crippen LogP contribution is -2.24. The first kappa shape index (κ1) is 21.7. The van der Waals surface area contributed by atoms with Gasteiger partial charge in [0.05, 0.1) is 0 Å². The van der Waals surface area contributed by atoms with Crippen molar-refractivity contribution >= 4 is 0 Å². The van der Waals surface area contributed by atoms with Crippen molar-refractivity contribution in [3.05, 3.63) is 29.8 Å². The van der Waals surface area contributed by atoms with Crippen LogP contribution in [0.2, 0.25) is 0 Å². The van der Waals surface area contributed by atoms with Gasteiger partial charge in [-0.3, -0.25) is 0 Å². The van der Waals surface area contributed by atoms with Gasteiger partial charge in [-0.1, -0.05) is 39.3 Å². The zero-order valence-corrected chi connectivity index (χ0v) is 14.0. The van der Waals surface area contributed by atoms with Crippen molar-refractivity contribution in [1.29, 1.82) is 0 Å². The van der Waals surface area contributed by atoms with E-state index in [4.69, 9.17) is 0 Å². The van der Waals surface area contributed by atoms with Gasteiger partial charge in [0.15, 0.2) is 0 Å². The number of halogens is 5. The molecular weight excluding hydrogens is 315 g/mol. The van der Waals surface area contributed by atoms with Crippen molar-refractivity contribution in [3.8, 4) is 5.75 Å². The van der Waals surface area contributed by atoms with Crippen LogP contribution in [0, 0.1) is 12.8 Å². The van der Waals surface area contributed by atoms with E-state index in [1.807, 2.05) is 20.8 Å². The molecule has 1 aliphatic carbocycles. The molecule has 0 radical (unpaired) electrons. The average molecular weight is 340 g/mol. The van der Waals surface area contributed by atoms with Crippen LogP contribution in [-0.4, -0.2) is 12.3 Å². The Kier molecular flexibility index (Phi) is 9.17. The molecule has 2 rings (SSSR count). The molecule has 1 unspecified atom stereocenters. The Bertz CT molecular complexity index is 443. The monoisotopic (exact) mass is 340 g/mol. The summed E-state index contributed by atoms with van der Waals surface area (Å²) in [5, 5.41) is 0. The van der Waals surface area contributed by atoms with Crippen LogP contribution in [0.5, 0.6) is 5.75 Å². The van der Waals surface area contributed by atoms with E-state index in [0.29, 0.717) is 6.42 Å². The lowest BCUT2D eigenvalue weighted by atomic mass is 9.88. The Morgan fingerprint density at radius 1 is 1.17 bits per heavy atom. The summed E-state index contributed by atoms with van der Waals surface area (Å²) in [5.74, 6) is -2.30. The molecule has 1 nitrogen and oxygen atoms in total. The number of hydrogen-bond acceptors (Lipinski definition) is 1. The van der Waals surface area contributed by atoms with Crippen LogP contribution in [-0.2, 0) is 0 Å². The van der Waals surface area contributed by atoms with Crippen molar-refractivity contribution in [2.45, 2.75) is 65.7 Å². The fraction of sp³-hybridized carbons (Fsp3) is 0.647. The summed E-state index contributed by atoms with van der Waals surface area (Å²) < 4.78 is 63.5. The minimum Gasteiger partial charge on any atom is -0.406 e. The van der Waals surface area contributed by atoms with Crippen LogP contribution in [0.1, 0.15) is 52.0 Å². The first-order valence-electron chi connectivity index (χ1n) is 7.78. The summed E-state index contributed by atoms with van der Waals surface area (Å²) in [6, 6.07) is 5.80. The highest BCUT2D eigenvalue weighted by atomic mass is 19.4. The number of aryl methyl sites for hydroxylation is 1. The second-order valence-electron chi connectivity index (χ2n) is 5.42. The Hall–Kier alpha value is -1.33. The molecule has 0 aromatic heterocycles. The molecule has 1 fully saturated rings. The van der Waals surface area contributed by atoms with E-state index < -0.39 is 12.3 Å². The van der Waals surface area contributed by atoms with Gasteiger partial charge < -0.3 is 4.74 Å². The molecule has 1 aromatic rings. The molecule has 1 saturated carbocycles. The van der Waals surface area contributed by atoms with E-state index in [1.165, 1.54) is 18.2 Å². The number of hydrogen-bond donors (Lipinski definition) is 0. The fourth-order valence-electron chi connectivity index (χ4n) is 2.24. The van der Waals surface area contributed by atoms with E-state index in [-0.39, 0.29) is 24.5 Å². The summed E-state index contributed by atoms with van der Waals surface area (Å²) in [4.78, 5) is 0. The van der Waals surface area contributed by atoms with Crippen molar-refractivity contribution in [2.75, 3.05) is 0 Å². The fourth-order valence-corrected chi connectivity index (χ4v) is 2.24. The van der Waals surface area contributed by atoms with Crippen molar-refractivity contribution < 1.29 is 26.7 Å². The van der Waals surface area contributed by atoms with E-state index in [0.717, 1.165) is 12.0 Å². The third-order valence-electron chi connectivity index (χ3n) is 3.11. The first-order valence-corrected chi connectivity index (χ1v) is 7.78. The highest BCUT2D eigenvalue weighted by Gasteiger charge is 2.34. The summed E-state index contributed by atoms with van der Waals surface area (Å²) in [7, 11) is 0. The van der Waals surface area contributed by atoms with Crippen LogP contribution in [0.25, 0.3) is 0 Å². The largest absolute Gasteiger partial charge is 0.573 e. The Morgan fingerprint density at radius 2 is 1.78 bits per heavy atom. The normalized spacial score (nSPS) is 19.6. The second kappa shape index (κ2) is 9.73. The lowest BCUT2D eigenvalue weighted by molar-refractivity contribution is -0.274. The molecule has 0 bridgehead atoms. The Morgan fingerprint density at radius 3 is 2.17 bits per heavy atom. The molecule has 1 aliphatic rings. The van der Waals surface area contributed by atoms with E-state index >= 15 is 0 Å². The molecule has 0 aliphatic heterocycles. The van der Waals surface area contributed by atoms with Gasteiger partial charge >= 0.3 is 6.36 Å². The van der Waals surface area contributed by atoms with Gasteiger partial charge in [-0.15, -0.1) is 13.2 Å². The molecule has 1 aromatic carbocycles. The molecule has 6 heteroatoms. The minimum atomic E-state index is -4.60. The molecular formula is C17H25F5O. The van der Waals surface area contributed by atoms with Crippen LogP contribution in [0.3, 0.4) is 0 Å². The lowest BCUT2D eigenvalue weighted by Gasteiger charge is -2.25. The molecule has 0 saturated heterocycles. The zero-order valence-electron chi connectivity index (χ0n) is 14.0. The molecule has 134 valence electrons. The highest BCUT2D eigenvalue weighted by molar-refractivity contribution is 5.27. The van der Waals surface area contributed by atoms with Crippen molar-refractivity contribution in [1.82, 2.24) is 0 Å². The number of rotatable bonds is 1. The summed E-state index contributed by atoms with van der Waals surface area (Å²) in [5.41, 5.74) is 0.733. The summed E-state index contributed by atoms with van der Waals surface area (Å²) >= 11 is 0. The quantitative estimate of drug-likeness (QED) is 0.514. The average Bonchev–Trinajstić information content (AvgIpc) is 2.38. The van der Waals surface area contributed by atoms with Gasteiger partial charge in [0, 0.05) is 12.8 Å². The predicted octanol–water partition coefficient (Wildman–Crippen LogP) is 6.75. The third-order valence-corrected chi connectivity index (χ3v) is 3.11. The van der Waals surface area contributed by atoms with E-state index in [9.17, 15) is 22.0 Å². The number of ether oxygens (including phenoxy) is 1. The van der Waals surface area contributed by atoms with E-state index in [1.54, 1.807) is 13.0 Å². The Balaban J connectivity index is 0.000000392. The maximum atomic E-state index is 12.5. The third kappa shape index (κ3) is 10.9. The maximum Gasteiger partial charge on any atom is 0.573 e. The standard InChI is InChI=1S/C8H7F3O.C7H12F2.C2H6/c1-6-3-2-4-7(5-6)12-8(9,10)11;1-6-3-2-4-7(8,9)5-6;1-2/h2-5H,1H3;6H,2-5H2,1H3;1-2H3. The maximum absolute atomic E-state index is 12.5. The van der Waals surface area contributed by atoms with Gasteiger partial charge in [-0.2, -0.15) is 0 Å². The van der Waals surface area contributed by atoms with Crippen molar-refractivity contribution in [2.24, 2.45) is 5.92 Å². The number of alkyl halides is 5. The highest BCUT2D eigenvalue weighted by Crippen LogP contribution is 2.35.